The number of nitrogens with zero attached hydrogens (tertiary/aromatic N) is 1. The van der Waals surface area contributed by atoms with Crippen molar-refractivity contribution in [2.45, 2.75) is 0 Å². The molecule has 1 amide bonds. The zero-order valence-corrected chi connectivity index (χ0v) is 14.5. The summed E-state index contributed by atoms with van der Waals surface area (Å²) in [5.74, 6) is -0.124. The van der Waals surface area contributed by atoms with Gasteiger partial charge in [0.2, 0.25) is 0 Å². The number of rotatable bonds is 3. The Morgan fingerprint density at radius 3 is 2.70 bits per heavy atom. The Morgan fingerprint density at radius 1 is 1.09 bits per heavy atom. The number of halogens is 1. The molecule has 0 unspecified atom stereocenters. The van der Waals surface area contributed by atoms with Crippen molar-refractivity contribution in [3.8, 4) is 0 Å². The van der Waals surface area contributed by atoms with Crippen molar-refractivity contribution in [1.29, 1.82) is 0 Å². The average molecular weight is 385 g/mol. The minimum atomic E-state index is -0.124. The maximum Gasteiger partial charge on any atom is 0.264 e. The Balaban J connectivity index is 1.72. The molecule has 1 aliphatic rings. The number of hydrogen-bond acceptors (Lipinski definition) is 3. The van der Waals surface area contributed by atoms with Crippen molar-refractivity contribution in [1.82, 2.24) is 5.32 Å². The van der Waals surface area contributed by atoms with E-state index in [1.807, 2.05) is 66.7 Å². The van der Waals surface area contributed by atoms with Crippen LogP contribution >= 0.6 is 27.7 Å². The number of carbonyl (C=O) groups excluding carboxylic acids is 1. The third-order valence-corrected chi connectivity index (χ3v) is 4.45. The number of aliphatic imine (C=N–C) groups is 1. The van der Waals surface area contributed by atoms with Crippen molar-refractivity contribution < 1.29 is 4.79 Å². The molecule has 1 N–H and O–H groups in total. The van der Waals surface area contributed by atoms with E-state index in [-0.39, 0.29) is 5.91 Å². The molecule has 114 valence electrons. The van der Waals surface area contributed by atoms with Crippen LogP contribution in [0.25, 0.3) is 6.08 Å². The first-order chi connectivity index (χ1) is 11.2. The second kappa shape index (κ2) is 7.44. The van der Waals surface area contributed by atoms with E-state index in [0.717, 1.165) is 15.7 Å². The highest BCUT2D eigenvalue weighted by Crippen LogP contribution is 2.27. The van der Waals surface area contributed by atoms with Gasteiger partial charge >= 0.3 is 0 Å². The van der Waals surface area contributed by atoms with E-state index in [0.29, 0.717) is 10.1 Å². The number of thioether (sulfide) groups is 1. The van der Waals surface area contributed by atoms with Crippen molar-refractivity contribution in [3.63, 3.8) is 0 Å². The van der Waals surface area contributed by atoms with E-state index in [1.165, 1.54) is 11.8 Å². The van der Waals surface area contributed by atoms with E-state index >= 15 is 0 Å². The average Bonchev–Trinajstić information content (AvgIpc) is 2.88. The maximum atomic E-state index is 12.0. The summed E-state index contributed by atoms with van der Waals surface area (Å²) < 4.78 is 0.954. The Hall–Kier alpha value is -2.11. The van der Waals surface area contributed by atoms with Gasteiger partial charge in [-0.25, -0.2) is 4.99 Å². The van der Waals surface area contributed by atoms with Crippen LogP contribution in [0.1, 0.15) is 5.56 Å². The van der Waals surface area contributed by atoms with Gasteiger partial charge in [-0.3, -0.25) is 4.79 Å². The zero-order chi connectivity index (χ0) is 16.1. The summed E-state index contributed by atoms with van der Waals surface area (Å²) in [4.78, 5) is 17.0. The number of nitrogens with one attached hydrogen (secondary N) is 1. The predicted octanol–water partition coefficient (Wildman–Crippen LogP) is 4.90. The van der Waals surface area contributed by atoms with Gasteiger partial charge in [-0.2, -0.15) is 0 Å². The van der Waals surface area contributed by atoms with Crippen LogP contribution in [0.3, 0.4) is 0 Å². The van der Waals surface area contributed by atoms with Crippen molar-refractivity contribution >= 4 is 50.5 Å². The van der Waals surface area contributed by atoms with Crippen LogP contribution < -0.4 is 5.32 Å². The van der Waals surface area contributed by atoms with Crippen LogP contribution in [-0.4, -0.2) is 11.1 Å². The fraction of sp³-hybridized carbons (Fsp3) is 0. The molecule has 2 aromatic rings. The fourth-order valence-electron chi connectivity index (χ4n) is 1.97. The van der Waals surface area contributed by atoms with Crippen LogP contribution in [0.4, 0.5) is 5.69 Å². The summed E-state index contributed by atoms with van der Waals surface area (Å²) in [5.41, 5.74) is 1.89. The minimum Gasteiger partial charge on any atom is -0.300 e. The van der Waals surface area contributed by atoms with E-state index in [1.54, 1.807) is 6.08 Å². The first-order valence-electron chi connectivity index (χ1n) is 6.97. The van der Waals surface area contributed by atoms with Gasteiger partial charge < -0.3 is 5.32 Å². The molecule has 23 heavy (non-hydrogen) atoms. The van der Waals surface area contributed by atoms with Crippen LogP contribution in [0.15, 0.2) is 81.1 Å². The first-order valence-corrected chi connectivity index (χ1v) is 8.58. The Morgan fingerprint density at radius 2 is 1.91 bits per heavy atom. The quantitative estimate of drug-likeness (QED) is 0.764. The number of amidine groups is 1. The normalized spacial score (nSPS) is 18.0. The highest BCUT2D eigenvalue weighted by molar-refractivity contribution is 9.10. The van der Waals surface area contributed by atoms with Gasteiger partial charge in [0.15, 0.2) is 5.17 Å². The summed E-state index contributed by atoms with van der Waals surface area (Å²) in [5, 5.41) is 3.37. The molecule has 0 aromatic heterocycles. The SMILES string of the molecule is O=C1NC(=Nc2cccc(Br)c2)SC1=CC=Cc1ccccc1. The Bertz CT molecular complexity index is 813. The zero-order valence-electron chi connectivity index (χ0n) is 12.1. The fourth-order valence-corrected chi connectivity index (χ4v) is 3.15. The van der Waals surface area contributed by atoms with Crippen molar-refractivity contribution in [2.24, 2.45) is 4.99 Å². The van der Waals surface area contributed by atoms with Crippen molar-refractivity contribution in [3.05, 3.63) is 81.7 Å². The molecule has 0 atom stereocenters. The number of allylic oxidation sites excluding steroid dienone is 2. The largest absolute Gasteiger partial charge is 0.300 e. The lowest BCUT2D eigenvalue weighted by Crippen LogP contribution is -2.19. The number of hydrogen-bond donors (Lipinski definition) is 1. The lowest BCUT2D eigenvalue weighted by Gasteiger charge is -1.96. The van der Waals surface area contributed by atoms with Gasteiger partial charge in [-0.1, -0.05) is 64.5 Å². The van der Waals surface area contributed by atoms with Gasteiger partial charge in [0, 0.05) is 4.47 Å². The second-order valence-corrected chi connectivity index (χ2v) is 6.70. The van der Waals surface area contributed by atoms with Gasteiger partial charge in [-0.15, -0.1) is 0 Å². The lowest BCUT2D eigenvalue weighted by molar-refractivity contribution is -0.115. The molecule has 2 aromatic carbocycles. The van der Waals surface area contributed by atoms with Gasteiger partial charge in [0.05, 0.1) is 10.6 Å². The summed E-state index contributed by atoms with van der Waals surface area (Å²) in [6, 6.07) is 17.6. The van der Waals surface area contributed by atoms with Gasteiger partial charge in [-0.05, 0) is 41.6 Å². The molecule has 0 radical (unpaired) electrons. The van der Waals surface area contributed by atoms with Crippen molar-refractivity contribution in [2.75, 3.05) is 0 Å². The van der Waals surface area contributed by atoms with Crippen LogP contribution in [0, 0.1) is 0 Å². The number of carbonyl (C=O) groups is 1. The number of amides is 1. The van der Waals surface area contributed by atoms with Crippen LogP contribution in [-0.2, 0) is 4.79 Å². The predicted molar refractivity (Wildman–Crippen MR) is 101 cm³/mol. The maximum absolute atomic E-state index is 12.0. The highest BCUT2D eigenvalue weighted by atomic mass is 79.9. The third kappa shape index (κ3) is 4.43. The molecule has 3 rings (SSSR count). The minimum absolute atomic E-state index is 0.124. The monoisotopic (exact) mass is 384 g/mol. The summed E-state index contributed by atoms with van der Waals surface area (Å²) in [6.07, 6.45) is 5.64. The number of benzene rings is 2. The van der Waals surface area contributed by atoms with Crippen LogP contribution in [0.2, 0.25) is 0 Å². The second-order valence-electron chi connectivity index (χ2n) is 4.75. The van der Waals surface area contributed by atoms with E-state index in [2.05, 4.69) is 26.2 Å². The summed E-state index contributed by atoms with van der Waals surface area (Å²) >= 11 is 4.75. The molecule has 1 saturated heterocycles. The standard InChI is InChI=1S/C18H13BrN2OS/c19-14-9-5-10-15(12-14)20-18-21-17(22)16(23-18)11-4-8-13-6-2-1-3-7-13/h1-12H,(H,20,21,22). The third-order valence-electron chi connectivity index (χ3n) is 3.03. The van der Waals surface area contributed by atoms with E-state index < -0.39 is 0 Å². The highest BCUT2D eigenvalue weighted by Gasteiger charge is 2.22. The molecule has 0 saturated carbocycles. The van der Waals surface area contributed by atoms with E-state index in [4.69, 9.17) is 0 Å². The molecule has 0 aliphatic carbocycles. The van der Waals surface area contributed by atoms with Crippen LogP contribution in [0.5, 0.6) is 0 Å². The molecule has 0 spiro atoms. The van der Waals surface area contributed by atoms with E-state index in [9.17, 15) is 4.79 Å². The van der Waals surface area contributed by atoms with Gasteiger partial charge in [0.25, 0.3) is 5.91 Å². The topological polar surface area (TPSA) is 41.5 Å². The summed E-state index contributed by atoms with van der Waals surface area (Å²) in [6.45, 7) is 0. The Kier molecular flexibility index (Phi) is 5.10. The molecule has 1 aliphatic heterocycles. The Labute approximate surface area is 147 Å². The molecular formula is C18H13BrN2OS. The molecule has 1 heterocycles. The molecule has 1 fully saturated rings. The molecule has 3 nitrogen and oxygen atoms in total. The van der Waals surface area contributed by atoms with Gasteiger partial charge in [0.1, 0.15) is 0 Å². The molecular weight excluding hydrogens is 372 g/mol. The first kappa shape index (κ1) is 15.8. The smallest absolute Gasteiger partial charge is 0.264 e. The summed E-state index contributed by atoms with van der Waals surface area (Å²) in [7, 11) is 0. The molecule has 5 heteroatoms. The molecule has 0 bridgehead atoms. The lowest BCUT2D eigenvalue weighted by atomic mass is 10.2.